The van der Waals surface area contributed by atoms with Gasteiger partial charge in [0.1, 0.15) is 10.8 Å². The second kappa shape index (κ2) is 5.35. The van der Waals surface area contributed by atoms with Gasteiger partial charge in [-0.2, -0.15) is 0 Å². The van der Waals surface area contributed by atoms with Crippen molar-refractivity contribution >= 4 is 35.1 Å². The predicted octanol–water partition coefficient (Wildman–Crippen LogP) is 2.18. The summed E-state index contributed by atoms with van der Waals surface area (Å²) in [5, 5.41) is 9.44. The molecule has 0 saturated carbocycles. The summed E-state index contributed by atoms with van der Waals surface area (Å²) in [6.45, 7) is 2.35. The van der Waals surface area contributed by atoms with Crippen LogP contribution in [0.25, 0.3) is 0 Å². The van der Waals surface area contributed by atoms with Crippen molar-refractivity contribution in [1.82, 2.24) is 9.88 Å². The third-order valence-electron chi connectivity index (χ3n) is 3.23. The molecule has 0 aromatic carbocycles. The third kappa shape index (κ3) is 2.82. The Morgan fingerprint density at radius 2 is 2.05 bits per heavy atom. The molecule has 2 rings (SSSR count). The molecule has 5 nitrogen and oxygen atoms in total. The topological polar surface area (TPSA) is 70.5 Å². The second-order valence-electron chi connectivity index (χ2n) is 4.60. The van der Waals surface area contributed by atoms with Crippen molar-refractivity contribution in [3.8, 4) is 0 Å². The van der Waals surface area contributed by atoms with E-state index in [0.717, 1.165) is 0 Å². The minimum Gasteiger partial charge on any atom is -0.481 e. The molecule has 0 aliphatic carbocycles. The lowest BCUT2D eigenvalue weighted by Gasteiger charge is -2.16. The molecule has 1 aromatic rings. The number of carbonyl (C=O) groups excluding carboxylic acids is 1. The van der Waals surface area contributed by atoms with E-state index in [4.69, 9.17) is 28.3 Å². The summed E-state index contributed by atoms with van der Waals surface area (Å²) in [7, 11) is 0. The molecular weight excluding hydrogens is 291 g/mol. The van der Waals surface area contributed by atoms with Gasteiger partial charge < -0.3 is 10.0 Å². The number of carboxylic acid groups (broad SMARTS) is 1. The van der Waals surface area contributed by atoms with Gasteiger partial charge in [-0.15, -0.1) is 0 Å². The monoisotopic (exact) mass is 302 g/mol. The Morgan fingerprint density at radius 3 is 2.63 bits per heavy atom. The van der Waals surface area contributed by atoms with Gasteiger partial charge in [0, 0.05) is 13.1 Å². The lowest BCUT2D eigenvalue weighted by Crippen LogP contribution is -2.30. The van der Waals surface area contributed by atoms with E-state index in [1.165, 1.54) is 17.0 Å². The van der Waals surface area contributed by atoms with E-state index in [1.54, 1.807) is 6.92 Å². The fraction of sp³-hybridized carbons (Fsp3) is 0.417. The fourth-order valence-electron chi connectivity index (χ4n) is 2.17. The highest BCUT2D eigenvalue weighted by Gasteiger charge is 2.38. The molecule has 1 aromatic heterocycles. The number of carboxylic acids is 1. The van der Waals surface area contributed by atoms with Crippen LogP contribution in [0.3, 0.4) is 0 Å². The Morgan fingerprint density at radius 1 is 1.37 bits per heavy atom. The number of amides is 1. The van der Waals surface area contributed by atoms with Gasteiger partial charge in [-0.1, -0.05) is 30.1 Å². The number of aliphatic carboxylic acids is 1. The molecule has 7 heteroatoms. The lowest BCUT2D eigenvalue weighted by molar-refractivity contribution is -0.142. The summed E-state index contributed by atoms with van der Waals surface area (Å²) in [5.74, 6) is -1.93. The molecule has 1 N–H and O–H groups in total. The van der Waals surface area contributed by atoms with Crippen molar-refractivity contribution in [2.45, 2.75) is 6.92 Å². The smallest absolute Gasteiger partial charge is 0.308 e. The molecule has 0 bridgehead atoms. The zero-order valence-corrected chi connectivity index (χ0v) is 11.6. The van der Waals surface area contributed by atoms with Crippen LogP contribution in [0.15, 0.2) is 12.1 Å². The molecule has 1 aliphatic heterocycles. The Kier molecular flexibility index (Phi) is 3.96. The standard InChI is InChI=1S/C12H12Cl2N2O3/c1-6-4-16(5-7(6)12(18)19)11(17)10-8(13)2-3-9(14)15-10/h2-3,6-7H,4-5H2,1H3,(H,18,19)/t6-,7-/m1/s1. The van der Waals surface area contributed by atoms with Gasteiger partial charge in [0.25, 0.3) is 5.91 Å². The molecule has 0 unspecified atom stereocenters. The molecule has 19 heavy (non-hydrogen) atoms. The fourth-order valence-corrected chi connectivity index (χ4v) is 2.51. The normalized spacial score (nSPS) is 22.6. The summed E-state index contributed by atoms with van der Waals surface area (Å²) in [5.41, 5.74) is 0.0624. The van der Waals surface area contributed by atoms with Crippen molar-refractivity contribution in [3.63, 3.8) is 0 Å². The van der Waals surface area contributed by atoms with Crippen LogP contribution >= 0.6 is 23.2 Å². The average Bonchev–Trinajstić information content (AvgIpc) is 2.74. The van der Waals surface area contributed by atoms with Gasteiger partial charge >= 0.3 is 5.97 Å². The number of hydrogen-bond acceptors (Lipinski definition) is 3. The number of likely N-dealkylation sites (tertiary alicyclic amines) is 1. The highest BCUT2D eigenvalue weighted by atomic mass is 35.5. The lowest BCUT2D eigenvalue weighted by atomic mass is 9.99. The molecule has 1 aliphatic rings. The van der Waals surface area contributed by atoms with Crippen LogP contribution in [0.4, 0.5) is 0 Å². The maximum absolute atomic E-state index is 12.3. The maximum Gasteiger partial charge on any atom is 0.308 e. The van der Waals surface area contributed by atoms with E-state index >= 15 is 0 Å². The second-order valence-corrected chi connectivity index (χ2v) is 5.39. The average molecular weight is 303 g/mol. The number of rotatable bonds is 2. The Balaban J connectivity index is 2.22. The van der Waals surface area contributed by atoms with Gasteiger partial charge in [-0.25, -0.2) is 4.98 Å². The summed E-state index contributed by atoms with van der Waals surface area (Å²) in [6.07, 6.45) is 0. The molecule has 0 radical (unpaired) electrons. The molecule has 2 atom stereocenters. The first-order chi connectivity index (χ1) is 8.90. The highest BCUT2D eigenvalue weighted by Crippen LogP contribution is 2.26. The Labute approximate surface area is 120 Å². The van der Waals surface area contributed by atoms with E-state index in [0.29, 0.717) is 6.54 Å². The van der Waals surface area contributed by atoms with Crippen LogP contribution in [-0.4, -0.2) is 40.0 Å². The molecular formula is C12H12Cl2N2O3. The van der Waals surface area contributed by atoms with Crippen LogP contribution in [0, 0.1) is 11.8 Å². The van der Waals surface area contributed by atoms with E-state index < -0.39 is 11.9 Å². The minimum absolute atomic E-state index is 0.0624. The largest absolute Gasteiger partial charge is 0.481 e. The van der Waals surface area contributed by atoms with Gasteiger partial charge in [0.2, 0.25) is 0 Å². The summed E-state index contributed by atoms with van der Waals surface area (Å²) >= 11 is 11.7. The summed E-state index contributed by atoms with van der Waals surface area (Å²) < 4.78 is 0. The Bertz CT molecular complexity index is 536. The number of carbonyl (C=O) groups is 2. The van der Waals surface area contributed by atoms with E-state index in [-0.39, 0.29) is 34.2 Å². The number of halogens is 2. The zero-order valence-electron chi connectivity index (χ0n) is 10.1. The molecule has 0 spiro atoms. The number of hydrogen-bond donors (Lipinski definition) is 1. The van der Waals surface area contributed by atoms with E-state index in [2.05, 4.69) is 4.98 Å². The summed E-state index contributed by atoms with van der Waals surface area (Å²) in [4.78, 5) is 28.7. The molecule has 2 heterocycles. The summed E-state index contributed by atoms with van der Waals surface area (Å²) in [6, 6.07) is 2.99. The number of pyridine rings is 1. The SMILES string of the molecule is C[C@@H]1CN(C(=O)c2nc(Cl)ccc2Cl)C[C@H]1C(=O)O. The predicted molar refractivity (Wildman–Crippen MR) is 70.5 cm³/mol. The minimum atomic E-state index is -0.895. The zero-order chi connectivity index (χ0) is 14.2. The number of aromatic nitrogens is 1. The van der Waals surface area contributed by atoms with Crippen molar-refractivity contribution in [3.05, 3.63) is 28.0 Å². The highest BCUT2D eigenvalue weighted by molar-refractivity contribution is 6.34. The van der Waals surface area contributed by atoms with Gasteiger partial charge in [-0.3, -0.25) is 9.59 Å². The van der Waals surface area contributed by atoms with Crippen LogP contribution in [0.1, 0.15) is 17.4 Å². The van der Waals surface area contributed by atoms with E-state index in [1.807, 2.05) is 0 Å². The first-order valence-electron chi connectivity index (χ1n) is 5.74. The van der Waals surface area contributed by atoms with Crippen molar-refractivity contribution < 1.29 is 14.7 Å². The maximum atomic E-state index is 12.3. The van der Waals surface area contributed by atoms with Crippen LogP contribution in [0.5, 0.6) is 0 Å². The van der Waals surface area contributed by atoms with Crippen molar-refractivity contribution in [1.29, 1.82) is 0 Å². The number of nitrogens with zero attached hydrogens (tertiary/aromatic N) is 2. The molecule has 1 fully saturated rings. The van der Waals surface area contributed by atoms with Crippen molar-refractivity contribution in [2.75, 3.05) is 13.1 Å². The van der Waals surface area contributed by atoms with Crippen LogP contribution in [0.2, 0.25) is 10.2 Å². The van der Waals surface area contributed by atoms with Gasteiger partial charge in [-0.05, 0) is 18.1 Å². The van der Waals surface area contributed by atoms with Gasteiger partial charge in [0.15, 0.2) is 0 Å². The quantitative estimate of drug-likeness (QED) is 0.850. The first kappa shape index (κ1) is 14.1. The molecule has 102 valence electrons. The van der Waals surface area contributed by atoms with Gasteiger partial charge in [0.05, 0.1) is 10.9 Å². The van der Waals surface area contributed by atoms with Crippen LogP contribution in [-0.2, 0) is 4.79 Å². The molecule has 1 saturated heterocycles. The van der Waals surface area contributed by atoms with E-state index in [9.17, 15) is 9.59 Å². The first-order valence-corrected chi connectivity index (χ1v) is 6.50. The third-order valence-corrected chi connectivity index (χ3v) is 3.75. The Hall–Kier alpha value is -1.33. The van der Waals surface area contributed by atoms with Crippen LogP contribution < -0.4 is 0 Å². The van der Waals surface area contributed by atoms with Crippen molar-refractivity contribution in [2.24, 2.45) is 11.8 Å². The molecule has 1 amide bonds.